The number of hydrogen-bond donors (Lipinski definition) is 0. The van der Waals surface area contributed by atoms with Crippen LogP contribution in [0.15, 0.2) is 0 Å². The molecule has 1 fully saturated rings. The summed E-state index contributed by atoms with van der Waals surface area (Å²) >= 11 is 1.83. The number of imide groups is 3. The summed E-state index contributed by atoms with van der Waals surface area (Å²) in [5.41, 5.74) is 0. The highest BCUT2D eigenvalue weighted by atomic mass is 127. The van der Waals surface area contributed by atoms with Crippen molar-refractivity contribution in [2.24, 2.45) is 0 Å². The van der Waals surface area contributed by atoms with Crippen LogP contribution in [0.2, 0.25) is 0 Å². The summed E-state index contributed by atoms with van der Waals surface area (Å²) in [7, 11) is 0. The average Bonchev–Trinajstić information content (AvgIpc) is 2.30. The van der Waals surface area contributed by atoms with Gasteiger partial charge in [-0.2, -0.15) is 0 Å². The first-order valence-corrected chi connectivity index (χ1v) is 4.64. The quantitative estimate of drug-likeness (QED) is 0.384. The largest absolute Gasteiger partial charge is 0.274 e. The van der Waals surface area contributed by atoms with Crippen LogP contribution >= 0.6 is 22.6 Å². The highest BCUT2D eigenvalue weighted by molar-refractivity contribution is 14.1. The molecular weight excluding hydrogens is 261 g/mol. The fourth-order valence-electron chi connectivity index (χ4n) is 0.914. The van der Waals surface area contributed by atoms with Gasteiger partial charge in [-0.05, 0) is 0 Å². The molecule has 0 aliphatic carbocycles. The minimum atomic E-state index is -0.405. The third-order valence-corrected chi connectivity index (χ3v) is 2.07. The van der Waals surface area contributed by atoms with Crippen LogP contribution in [-0.2, 0) is 14.4 Å². The highest BCUT2D eigenvalue weighted by Gasteiger charge is 2.33. The number of rotatable bonds is 1. The second-order valence-corrected chi connectivity index (χ2v) is 2.91. The number of amides is 3. The van der Waals surface area contributed by atoms with Gasteiger partial charge in [-0.1, -0.05) is 22.6 Å². The molecule has 11 heavy (non-hydrogen) atoms. The Morgan fingerprint density at radius 3 is 2.18 bits per heavy atom. The van der Waals surface area contributed by atoms with Gasteiger partial charge < -0.3 is 0 Å². The van der Waals surface area contributed by atoms with Crippen molar-refractivity contribution >= 4 is 40.3 Å². The summed E-state index contributed by atoms with van der Waals surface area (Å²) in [5, 5.41) is 0. The van der Waals surface area contributed by atoms with Gasteiger partial charge in [0.2, 0.25) is 17.7 Å². The van der Waals surface area contributed by atoms with Crippen LogP contribution in [0.3, 0.4) is 0 Å². The predicted octanol–water partition coefficient (Wildman–Crippen LogP) is 0.0970. The maximum absolute atomic E-state index is 10.9. The molecule has 1 rings (SSSR count). The summed E-state index contributed by atoms with van der Waals surface area (Å²) < 4.78 is 0.176. The zero-order chi connectivity index (χ0) is 8.43. The molecule has 5 heteroatoms. The van der Waals surface area contributed by atoms with E-state index in [2.05, 4.69) is 0 Å². The zero-order valence-corrected chi connectivity index (χ0v) is 7.83. The standard InChI is InChI=1S/C6H6INO3/c7-3-6(11)8-4(9)1-2-5(8)10/h1-3H2. The van der Waals surface area contributed by atoms with Gasteiger partial charge in [-0.15, -0.1) is 0 Å². The summed E-state index contributed by atoms with van der Waals surface area (Å²) in [6.45, 7) is 0. The van der Waals surface area contributed by atoms with Crippen molar-refractivity contribution in [3.63, 3.8) is 0 Å². The van der Waals surface area contributed by atoms with Crippen molar-refractivity contribution in [2.75, 3.05) is 4.43 Å². The van der Waals surface area contributed by atoms with Crippen molar-refractivity contribution in [2.45, 2.75) is 12.8 Å². The number of alkyl halides is 1. The summed E-state index contributed by atoms with van der Waals surface area (Å²) in [4.78, 5) is 33.4. The lowest BCUT2D eigenvalue weighted by Gasteiger charge is -2.08. The second kappa shape index (κ2) is 3.29. The molecule has 1 aliphatic rings. The van der Waals surface area contributed by atoms with E-state index in [0.29, 0.717) is 0 Å². The monoisotopic (exact) mass is 267 g/mol. The smallest absolute Gasteiger partial charge is 0.245 e. The molecule has 0 radical (unpaired) electrons. The molecule has 0 atom stereocenters. The van der Waals surface area contributed by atoms with Gasteiger partial charge in [-0.25, -0.2) is 4.90 Å². The van der Waals surface area contributed by atoms with Crippen molar-refractivity contribution < 1.29 is 14.4 Å². The van der Waals surface area contributed by atoms with Crippen LogP contribution < -0.4 is 0 Å². The van der Waals surface area contributed by atoms with Crippen LogP contribution in [0, 0.1) is 0 Å². The van der Waals surface area contributed by atoms with Gasteiger partial charge in [0.25, 0.3) is 0 Å². The third kappa shape index (κ3) is 1.58. The lowest BCUT2D eigenvalue weighted by atomic mass is 10.4. The molecule has 0 aromatic rings. The maximum Gasteiger partial charge on any atom is 0.245 e. The normalized spacial score (nSPS) is 17.7. The Bertz CT molecular complexity index is 210. The Balaban J connectivity index is 2.76. The molecule has 0 unspecified atom stereocenters. The average molecular weight is 267 g/mol. The van der Waals surface area contributed by atoms with Gasteiger partial charge in [0.05, 0.1) is 4.43 Å². The van der Waals surface area contributed by atoms with Crippen molar-refractivity contribution in [3.05, 3.63) is 0 Å². The molecule has 4 nitrogen and oxygen atoms in total. The van der Waals surface area contributed by atoms with E-state index in [1.54, 1.807) is 0 Å². The number of likely N-dealkylation sites (tertiary alicyclic amines) is 1. The van der Waals surface area contributed by atoms with E-state index in [1.807, 2.05) is 22.6 Å². The zero-order valence-electron chi connectivity index (χ0n) is 5.67. The van der Waals surface area contributed by atoms with E-state index in [9.17, 15) is 14.4 Å². The number of carbonyl (C=O) groups is 3. The molecule has 1 heterocycles. The van der Waals surface area contributed by atoms with Crippen LogP contribution in [0.25, 0.3) is 0 Å². The molecule has 1 saturated heterocycles. The molecule has 0 N–H and O–H groups in total. The van der Waals surface area contributed by atoms with E-state index in [1.165, 1.54) is 0 Å². The van der Waals surface area contributed by atoms with Gasteiger partial charge in [0, 0.05) is 12.8 Å². The summed E-state index contributed by atoms with van der Waals surface area (Å²) in [5.74, 6) is -1.13. The molecule has 60 valence electrons. The number of hydrogen-bond acceptors (Lipinski definition) is 3. The Morgan fingerprint density at radius 1 is 1.36 bits per heavy atom. The fraction of sp³-hybridized carbons (Fsp3) is 0.500. The molecule has 3 amide bonds. The SMILES string of the molecule is O=C(CI)N1C(=O)CCC1=O. The van der Waals surface area contributed by atoms with Gasteiger partial charge in [0.1, 0.15) is 0 Å². The molecule has 0 aromatic heterocycles. The number of halogens is 1. The van der Waals surface area contributed by atoms with Gasteiger partial charge in [0.15, 0.2) is 0 Å². The van der Waals surface area contributed by atoms with E-state index >= 15 is 0 Å². The fourth-order valence-corrected chi connectivity index (χ4v) is 1.26. The third-order valence-electron chi connectivity index (χ3n) is 1.42. The van der Waals surface area contributed by atoms with Crippen molar-refractivity contribution in [3.8, 4) is 0 Å². The molecule has 0 spiro atoms. The number of nitrogens with zero attached hydrogens (tertiary/aromatic N) is 1. The van der Waals surface area contributed by atoms with Crippen LogP contribution in [0.1, 0.15) is 12.8 Å². The van der Waals surface area contributed by atoms with E-state index in [0.717, 1.165) is 4.90 Å². The maximum atomic E-state index is 10.9. The van der Waals surface area contributed by atoms with E-state index in [-0.39, 0.29) is 29.1 Å². The van der Waals surface area contributed by atoms with Crippen LogP contribution in [0.4, 0.5) is 0 Å². The first-order chi connectivity index (χ1) is 5.16. The van der Waals surface area contributed by atoms with Gasteiger partial charge in [-0.3, -0.25) is 14.4 Å². The first-order valence-electron chi connectivity index (χ1n) is 3.11. The van der Waals surface area contributed by atoms with Crippen molar-refractivity contribution in [1.29, 1.82) is 0 Å². The lowest BCUT2D eigenvalue weighted by molar-refractivity contribution is -0.147. The Hall–Kier alpha value is -0.460. The van der Waals surface area contributed by atoms with E-state index < -0.39 is 5.91 Å². The topological polar surface area (TPSA) is 54.5 Å². The lowest BCUT2D eigenvalue weighted by Crippen LogP contribution is -2.36. The minimum Gasteiger partial charge on any atom is -0.274 e. The molecular formula is C6H6INO3. The predicted molar refractivity (Wildman–Crippen MR) is 45.0 cm³/mol. The van der Waals surface area contributed by atoms with Gasteiger partial charge >= 0.3 is 0 Å². The van der Waals surface area contributed by atoms with Crippen LogP contribution in [0.5, 0.6) is 0 Å². The Morgan fingerprint density at radius 2 is 1.82 bits per heavy atom. The molecule has 0 bridgehead atoms. The molecule has 0 saturated carbocycles. The minimum absolute atomic E-state index is 0.176. The molecule has 0 aromatic carbocycles. The highest BCUT2D eigenvalue weighted by Crippen LogP contribution is 2.12. The van der Waals surface area contributed by atoms with Crippen molar-refractivity contribution in [1.82, 2.24) is 4.90 Å². The van der Waals surface area contributed by atoms with Crippen LogP contribution in [-0.4, -0.2) is 27.0 Å². The first kappa shape index (κ1) is 8.63. The Labute approximate surface area is 77.1 Å². The van der Waals surface area contributed by atoms with E-state index in [4.69, 9.17) is 0 Å². The Kier molecular flexibility index (Phi) is 2.58. The number of carbonyl (C=O) groups excluding carboxylic acids is 3. The molecule has 1 aliphatic heterocycles. The second-order valence-electron chi connectivity index (χ2n) is 2.15. The summed E-state index contributed by atoms with van der Waals surface area (Å²) in [6.07, 6.45) is 0.364. The summed E-state index contributed by atoms with van der Waals surface area (Å²) in [6, 6.07) is 0.